The molecule has 8 nitrogen and oxygen atoms in total. The van der Waals surface area contributed by atoms with Crippen LogP contribution in [0.1, 0.15) is 18.4 Å². The number of pyridine rings is 1. The molecule has 0 bridgehead atoms. The molecule has 0 unspecified atom stereocenters. The molecular formula is C10H13N5O3. The van der Waals surface area contributed by atoms with Crippen molar-refractivity contribution in [3.05, 3.63) is 27.9 Å². The maximum absolute atomic E-state index is 10.7. The molecule has 0 radical (unpaired) electrons. The van der Waals surface area contributed by atoms with Crippen LogP contribution in [-0.4, -0.2) is 34.0 Å². The summed E-state index contributed by atoms with van der Waals surface area (Å²) in [6.45, 7) is 1.63. The van der Waals surface area contributed by atoms with Crippen molar-refractivity contribution >= 4 is 17.3 Å². The molecule has 1 aliphatic heterocycles. The van der Waals surface area contributed by atoms with Crippen LogP contribution in [0, 0.1) is 10.1 Å². The molecule has 0 saturated carbocycles. The van der Waals surface area contributed by atoms with Gasteiger partial charge in [0.25, 0.3) is 5.69 Å². The highest BCUT2D eigenvalue weighted by Gasteiger charge is 2.22. The van der Waals surface area contributed by atoms with Crippen molar-refractivity contribution in [3.63, 3.8) is 0 Å². The van der Waals surface area contributed by atoms with E-state index in [0.717, 1.165) is 25.9 Å². The van der Waals surface area contributed by atoms with E-state index < -0.39 is 4.92 Å². The zero-order valence-electron chi connectivity index (χ0n) is 9.61. The molecule has 1 aliphatic rings. The van der Waals surface area contributed by atoms with Gasteiger partial charge in [-0.2, -0.15) is 0 Å². The van der Waals surface area contributed by atoms with Crippen molar-refractivity contribution in [1.82, 2.24) is 4.98 Å². The minimum Gasteiger partial charge on any atom is -0.409 e. The molecule has 96 valence electrons. The van der Waals surface area contributed by atoms with Crippen LogP contribution >= 0.6 is 0 Å². The summed E-state index contributed by atoms with van der Waals surface area (Å²) in [7, 11) is 0. The number of nitro groups is 1. The maximum atomic E-state index is 10.7. The number of hydrogen-bond donors (Lipinski definition) is 2. The van der Waals surface area contributed by atoms with E-state index in [1.54, 1.807) is 0 Å². The van der Waals surface area contributed by atoms with Gasteiger partial charge in [0.1, 0.15) is 12.0 Å². The fraction of sp³-hybridized carbons (Fsp3) is 0.400. The standard InChI is InChI=1S/C10H13N5O3/c11-9(13-16)8-5-7(15(17)18)6-12-10(8)14-3-1-2-4-14/h5-6,16H,1-4H2,(H2,11,13). The SMILES string of the molecule is NC(=NO)c1cc([N+](=O)[O-])cnc1N1CCCC1. The highest BCUT2D eigenvalue weighted by molar-refractivity contribution is 6.02. The molecule has 1 saturated heterocycles. The van der Waals surface area contributed by atoms with Gasteiger partial charge in [-0.3, -0.25) is 10.1 Å². The molecule has 1 aromatic heterocycles. The lowest BCUT2D eigenvalue weighted by molar-refractivity contribution is -0.385. The minimum absolute atomic E-state index is 0.173. The number of nitrogens with two attached hydrogens (primary N) is 1. The second kappa shape index (κ2) is 4.86. The normalized spacial score (nSPS) is 16.0. The van der Waals surface area contributed by atoms with E-state index in [2.05, 4.69) is 10.1 Å². The van der Waals surface area contributed by atoms with Gasteiger partial charge in [0.15, 0.2) is 5.84 Å². The summed E-state index contributed by atoms with van der Waals surface area (Å²) in [5, 5.41) is 22.3. The van der Waals surface area contributed by atoms with Crippen molar-refractivity contribution < 1.29 is 10.1 Å². The van der Waals surface area contributed by atoms with Gasteiger partial charge in [-0.25, -0.2) is 4.98 Å². The van der Waals surface area contributed by atoms with E-state index in [-0.39, 0.29) is 17.1 Å². The third kappa shape index (κ3) is 2.17. The number of aromatic nitrogens is 1. The first-order valence-electron chi connectivity index (χ1n) is 5.50. The lowest BCUT2D eigenvalue weighted by Crippen LogP contribution is -2.25. The molecule has 0 aliphatic carbocycles. The van der Waals surface area contributed by atoms with Crippen LogP contribution in [0.3, 0.4) is 0 Å². The quantitative estimate of drug-likeness (QED) is 0.268. The van der Waals surface area contributed by atoms with Crippen LogP contribution in [0.15, 0.2) is 17.4 Å². The Balaban J connectivity index is 2.47. The maximum Gasteiger partial charge on any atom is 0.288 e. The lowest BCUT2D eigenvalue weighted by Gasteiger charge is -2.18. The van der Waals surface area contributed by atoms with E-state index >= 15 is 0 Å². The largest absolute Gasteiger partial charge is 0.409 e. The molecule has 0 spiro atoms. The summed E-state index contributed by atoms with van der Waals surface area (Å²) in [4.78, 5) is 16.2. The fourth-order valence-corrected chi connectivity index (χ4v) is 1.97. The van der Waals surface area contributed by atoms with Crippen LogP contribution in [0.4, 0.5) is 11.5 Å². The van der Waals surface area contributed by atoms with Crippen LogP contribution in [0.5, 0.6) is 0 Å². The molecule has 0 aromatic carbocycles. The number of oxime groups is 1. The smallest absolute Gasteiger partial charge is 0.288 e. The summed E-state index contributed by atoms with van der Waals surface area (Å²) in [5.41, 5.74) is 5.65. The molecule has 2 heterocycles. The van der Waals surface area contributed by atoms with Crippen LogP contribution < -0.4 is 10.6 Å². The summed E-state index contributed by atoms with van der Waals surface area (Å²) in [5.74, 6) is 0.349. The van der Waals surface area contributed by atoms with Crippen molar-refractivity contribution in [2.75, 3.05) is 18.0 Å². The van der Waals surface area contributed by atoms with Gasteiger partial charge in [-0.15, -0.1) is 0 Å². The average Bonchev–Trinajstić information content (AvgIpc) is 2.90. The fourth-order valence-electron chi connectivity index (χ4n) is 1.97. The van der Waals surface area contributed by atoms with Crippen LogP contribution in [0.2, 0.25) is 0 Å². The molecule has 0 amide bonds. The Morgan fingerprint density at radius 3 is 2.78 bits per heavy atom. The van der Waals surface area contributed by atoms with Crippen molar-refractivity contribution in [3.8, 4) is 0 Å². The Morgan fingerprint density at radius 2 is 2.22 bits per heavy atom. The Hall–Kier alpha value is -2.38. The van der Waals surface area contributed by atoms with Gasteiger partial charge in [0.2, 0.25) is 0 Å². The molecule has 1 fully saturated rings. The van der Waals surface area contributed by atoms with Gasteiger partial charge in [-0.05, 0) is 12.8 Å². The highest BCUT2D eigenvalue weighted by Crippen LogP contribution is 2.25. The number of amidine groups is 1. The summed E-state index contributed by atoms with van der Waals surface area (Å²) in [6, 6.07) is 1.27. The van der Waals surface area contributed by atoms with Crippen molar-refractivity contribution in [2.45, 2.75) is 12.8 Å². The first kappa shape index (κ1) is 12.1. The minimum atomic E-state index is -0.561. The number of rotatable bonds is 3. The molecule has 8 heteroatoms. The van der Waals surface area contributed by atoms with E-state index in [0.29, 0.717) is 5.82 Å². The number of anilines is 1. The third-order valence-electron chi connectivity index (χ3n) is 2.85. The molecule has 3 N–H and O–H groups in total. The second-order valence-corrected chi connectivity index (χ2v) is 4.00. The third-order valence-corrected chi connectivity index (χ3v) is 2.85. The van der Waals surface area contributed by atoms with Crippen LogP contribution in [-0.2, 0) is 0 Å². The van der Waals surface area contributed by atoms with Gasteiger partial charge < -0.3 is 15.8 Å². The molecule has 1 aromatic rings. The Kier molecular flexibility index (Phi) is 3.26. The zero-order chi connectivity index (χ0) is 13.1. The number of nitrogens with zero attached hydrogens (tertiary/aromatic N) is 4. The molecule has 18 heavy (non-hydrogen) atoms. The predicted octanol–water partition coefficient (Wildman–Crippen LogP) is 0.684. The highest BCUT2D eigenvalue weighted by atomic mass is 16.6. The Labute approximate surface area is 103 Å². The van der Waals surface area contributed by atoms with Crippen molar-refractivity contribution in [1.29, 1.82) is 0 Å². The van der Waals surface area contributed by atoms with E-state index in [1.807, 2.05) is 4.90 Å². The summed E-state index contributed by atoms with van der Waals surface area (Å²) < 4.78 is 0. The van der Waals surface area contributed by atoms with E-state index in [1.165, 1.54) is 12.3 Å². The first-order valence-corrected chi connectivity index (χ1v) is 5.50. The molecule has 0 atom stereocenters. The number of hydrogen-bond acceptors (Lipinski definition) is 6. The van der Waals surface area contributed by atoms with E-state index in [4.69, 9.17) is 10.9 Å². The zero-order valence-corrected chi connectivity index (χ0v) is 9.61. The van der Waals surface area contributed by atoms with Gasteiger partial charge >= 0.3 is 0 Å². The lowest BCUT2D eigenvalue weighted by atomic mass is 10.2. The topological polar surface area (TPSA) is 118 Å². The second-order valence-electron chi connectivity index (χ2n) is 4.00. The molecule has 2 rings (SSSR count). The van der Waals surface area contributed by atoms with Gasteiger partial charge in [0, 0.05) is 19.2 Å². The van der Waals surface area contributed by atoms with E-state index in [9.17, 15) is 10.1 Å². The van der Waals surface area contributed by atoms with Crippen LogP contribution in [0.25, 0.3) is 0 Å². The monoisotopic (exact) mass is 251 g/mol. The average molecular weight is 251 g/mol. The van der Waals surface area contributed by atoms with Gasteiger partial charge in [0.05, 0.1) is 10.5 Å². The summed E-state index contributed by atoms with van der Waals surface area (Å²) in [6.07, 6.45) is 3.25. The predicted molar refractivity (Wildman–Crippen MR) is 64.8 cm³/mol. The Bertz CT molecular complexity index is 496. The van der Waals surface area contributed by atoms with Gasteiger partial charge in [-0.1, -0.05) is 5.16 Å². The Morgan fingerprint density at radius 1 is 1.56 bits per heavy atom. The van der Waals surface area contributed by atoms with Crippen molar-refractivity contribution in [2.24, 2.45) is 10.9 Å². The first-order chi connectivity index (χ1) is 8.63. The molecular weight excluding hydrogens is 238 g/mol. The summed E-state index contributed by atoms with van der Waals surface area (Å²) >= 11 is 0.